The summed E-state index contributed by atoms with van der Waals surface area (Å²) in [7, 11) is 0. The molecule has 0 N–H and O–H groups in total. The van der Waals surface area contributed by atoms with Gasteiger partial charge in [0, 0.05) is 0 Å². The number of rotatable bonds is 7. The topological polar surface area (TPSA) is 9.23 Å². The van der Waals surface area contributed by atoms with Crippen molar-refractivity contribution in [2.45, 2.75) is 67.7 Å². The van der Waals surface area contributed by atoms with Crippen LogP contribution in [0.2, 0.25) is 0 Å². The monoisotopic (exact) mass is 252 g/mol. The van der Waals surface area contributed by atoms with E-state index < -0.39 is 0 Å². The third kappa shape index (κ3) is 9.32. The molecule has 0 aliphatic heterocycles. The fourth-order valence-electron chi connectivity index (χ4n) is 1.68. The second-order valence-electron chi connectivity index (χ2n) is 6.65. The van der Waals surface area contributed by atoms with Crippen LogP contribution in [0.4, 0.5) is 0 Å². The van der Waals surface area contributed by atoms with Gasteiger partial charge in [-0.15, -0.1) is 0 Å². The van der Waals surface area contributed by atoms with E-state index in [2.05, 4.69) is 54.5 Å². The van der Waals surface area contributed by atoms with Crippen molar-refractivity contribution < 1.29 is 4.74 Å². The smallest absolute Gasteiger partial charge is 0.0870 e. The van der Waals surface area contributed by atoms with E-state index in [4.69, 9.17) is 4.74 Å². The Bertz CT molecular complexity index is 278. The standard InChI is InChI=1S/C17H32O/c1-8-11-18-13-14(2)12-16(4)15(3)9-10-17(5,6)7/h9,13,16H,8,10-12H2,1-7H3/b14-13+,15-9+. The second kappa shape index (κ2) is 8.39. The molecule has 1 nitrogen and oxygen atoms in total. The zero-order chi connectivity index (χ0) is 14.2. The maximum atomic E-state index is 5.46. The van der Waals surface area contributed by atoms with Crippen LogP contribution in [0.25, 0.3) is 0 Å². The first-order valence-corrected chi connectivity index (χ1v) is 7.20. The molecule has 0 aromatic heterocycles. The van der Waals surface area contributed by atoms with Gasteiger partial charge in [-0.25, -0.2) is 0 Å². The average Bonchev–Trinajstić information content (AvgIpc) is 2.25. The lowest BCUT2D eigenvalue weighted by Gasteiger charge is -2.18. The van der Waals surface area contributed by atoms with E-state index in [1.807, 2.05) is 6.26 Å². The van der Waals surface area contributed by atoms with Crippen LogP contribution in [0.3, 0.4) is 0 Å². The molecule has 1 atom stereocenters. The summed E-state index contributed by atoms with van der Waals surface area (Å²) < 4.78 is 5.46. The highest BCUT2D eigenvalue weighted by Crippen LogP contribution is 2.24. The fourth-order valence-corrected chi connectivity index (χ4v) is 1.68. The van der Waals surface area contributed by atoms with E-state index in [9.17, 15) is 0 Å². The minimum atomic E-state index is 0.385. The molecule has 0 bridgehead atoms. The van der Waals surface area contributed by atoms with E-state index in [0.717, 1.165) is 25.9 Å². The van der Waals surface area contributed by atoms with Crippen LogP contribution in [0.5, 0.6) is 0 Å². The van der Waals surface area contributed by atoms with Gasteiger partial charge in [0.2, 0.25) is 0 Å². The Labute approximate surface area is 114 Å². The third-order valence-corrected chi connectivity index (χ3v) is 3.05. The van der Waals surface area contributed by atoms with Crippen molar-refractivity contribution in [3.05, 3.63) is 23.5 Å². The molecule has 0 aliphatic rings. The van der Waals surface area contributed by atoms with Crippen molar-refractivity contribution in [2.24, 2.45) is 11.3 Å². The van der Waals surface area contributed by atoms with Crippen LogP contribution in [0.15, 0.2) is 23.5 Å². The minimum absolute atomic E-state index is 0.385. The largest absolute Gasteiger partial charge is 0.501 e. The van der Waals surface area contributed by atoms with Crippen molar-refractivity contribution in [1.82, 2.24) is 0 Å². The molecule has 0 saturated heterocycles. The van der Waals surface area contributed by atoms with Crippen molar-refractivity contribution >= 4 is 0 Å². The minimum Gasteiger partial charge on any atom is -0.501 e. The molecule has 106 valence electrons. The molecule has 0 amide bonds. The van der Waals surface area contributed by atoms with Gasteiger partial charge in [0.25, 0.3) is 0 Å². The highest BCUT2D eigenvalue weighted by molar-refractivity contribution is 5.08. The maximum Gasteiger partial charge on any atom is 0.0870 e. The molecule has 0 aromatic rings. The molecular weight excluding hydrogens is 220 g/mol. The Balaban J connectivity index is 4.22. The van der Waals surface area contributed by atoms with Crippen LogP contribution in [-0.4, -0.2) is 6.61 Å². The van der Waals surface area contributed by atoms with Gasteiger partial charge in [-0.2, -0.15) is 0 Å². The molecule has 0 aromatic carbocycles. The zero-order valence-corrected chi connectivity index (χ0v) is 13.5. The Morgan fingerprint density at radius 1 is 1.22 bits per heavy atom. The zero-order valence-electron chi connectivity index (χ0n) is 13.5. The number of hydrogen-bond acceptors (Lipinski definition) is 1. The molecule has 0 fully saturated rings. The Morgan fingerprint density at radius 3 is 2.33 bits per heavy atom. The molecule has 1 heteroatoms. The van der Waals surface area contributed by atoms with Gasteiger partial charge in [-0.3, -0.25) is 0 Å². The van der Waals surface area contributed by atoms with E-state index in [-0.39, 0.29) is 0 Å². The van der Waals surface area contributed by atoms with Crippen molar-refractivity contribution in [3.63, 3.8) is 0 Å². The fraction of sp³-hybridized carbons (Fsp3) is 0.765. The number of ether oxygens (including phenoxy) is 1. The van der Waals surface area contributed by atoms with Crippen LogP contribution < -0.4 is 0 Å². The molecular formula is C17H32O. The lowest BCUT2D eigenvalue weighted by molar-refractivity contribution is 0.245. The van der Waals surface area contributed by atoms with Crippen LogP contribution in [0, 0.1) is 11.3 Å². The first kappa shape index (κ1) is 17.3. The Hall–Kier alpha value is -0.720. The SMILES string of the molecule is CCCO/C=C(\C)CC(C)/C(C)=C/CC(C)(C)C. The molecule has 18 heavy (non-hydrogen) atoms. The van der Waals surface area contributed by atoms with Crippen molar-refractivity contribution in [1.29, 1.82) is 0 Å². The molecule has 0 heterocycles. The second-order valence-corrected chi connectivity index (χ2v) is 6.65. The Kier molecular flexibility index (Phi) is 8.06. The quantitative estimate of drug-likeness (QED) is 0.319. The third-order valence-electron chi connectivity index (χ3n) is 3.05. The molecule has 0 aliphatic carbocycles. The van der Waals surface area contributed by atoms with Crippen molar-refractivity contribution in [2.75, 3.05) is 6.61 Å². The summed E-state index contributed by atoms with van der Waals surface area (Å²) in [6.45, 7) is 16.5. The highest BCUT2D eigenvalue weighted by Gasteiger charge is 2.10. The summed E-state index contributed by atoms with van der Waals surface area (Å²) >= 11 is 0. The molecule has 0 saturated carbocycles. The van der Waals surface area contributed by atoms with Crippen molar-refractivity contribution in [3.8, 4) is 0 Å². The highest BCUT2D eigenvalue weighted by atomic mass is 16.5. The van der Waals surface area contributed by atoms with Gasteiger partial charge in [-0.1, -0.05) is 46.3 Å². The lowest BCUT2D eigenvalue weighted by atomic mass is 9.88. The maximum absolute atomic E-state index is 5.46. The first-order chi connectivity index (χ1) is 8.26. The number of allylic oxidation sites excluding steroid dienone is 3. The summed E-state index contributed by atoms with van der Waals surface area (Å²) in [5.41, 5.74) is 3.21. The molecule has 0 rings (SSSR count). The predicted octanol–water partition coefficient (Wildman–Crippen LogP) is 5.73. The molecule has 0 radical (unpaired) electrons. The van der Waals surface area contributed by atoms with E-state index in [1.165, 1.54) is 11.1 Å². The summed E-state index contributed by atoms with van der Waals surface area (Å²) in [6, 6.07) is 0. The van der Waals surface area contributed by atoms with Crippen LogP contribution in [-0.2, 0) is 4.74 Å². The van der Waals surface area contributed by atoms with Gasteiger partial charge in [0.05, 0.1) is 12.9 Å². The van der Waals surface area contributed by atoms with E-state index >= 15 is 0 Å². The van der Waals surface area contributed by atoms with Gasteiger partial charge in [0.15, 0.2) is 0 Å². The average molecular weight is 252 g/mol. The van der Waals surface area contributed by atoms with Gasteiger partial charge in [-0.05, 0) is 50.0 Å². The van der Waals surface area contributed by atoms with Gasteiger partial charge < -0.3 is 4.74 Å². The normalized spacial score (nSPS) is 15.7. The van der Waals surface area contributed by atoms with E-state index in [1.54, 1.807) is 0 Å². The summed E-state index contributed by atoms with van der Waals surface area (Å²) in [5, 5.41) is 0. The van der Waals surface area contributed by atoms with E-state index in [0.29, 0.717) is 11.3 Å². The van der Waals surface area contributed by atoms with Gasteiger partial charge in [0.1, 0.15) is 0 Å². The number of hydrogen-bond donors (Lipinski definition) is 0. The van der Waals surface area contributed by atoms with Crippen LogP contribution in [0.1, 0.15) is 67.7 Å². The lowest BCUT2D eigenvalue weighted by Crippen LogP contribution is -2.04. The van der Waals surface area contributed by atoms with Gasteiger partial charge >= 0.3 is 0 Å². The predicted molar refractivity (Wildman–Crippen MR) is 81.6 cm³/mol. The summed E-state index contributed by atoms with van der Waals surface area (Å²) in [4.78, 5) is 0. The molecule has 0 spiro atoms. The summed E-state index contributed by atoms with van der Waals surface area (Å²) in [6.07, 6.45) is 7.64. The van der Waals surface area contributed by atoms with Crippen LogP contribution >= 0.6 is 0 Å². The summed E-state index contributed by atoms with van der Waals surface area (Å²) in [5.74, 6) is 0.605. The first-order valence-electron chi connectivity index (χ1n) is 7.20. The Morgan fingerprint density at radius 2 is 1.83 bits per heavy atom. The molecule has 1 unspecified atom stereocenters.